The Morgan fingerprint density at radius 2 is 0.642 bits per heavy atom. The summed E-state index contributed by atoms with van der Waals surface area (Å²) in [6, 6.07) is 84.7. The van der Waals surface area contributed by atoms with Crippen LogP contribution in [0.15, 0.2) is 273 Å². The lowest BCUT2D eigenvalue weighted by Crippen LogP contribution is -2.07. The van der Waals surface area contributed by atoms with E-state index in [9.17, 15) is 4.39 Å². The third kappa shape index (κ3) is 20.9. The van der Waals surface area contributed by atoms with Crippen molar-refractivity contribution in [3.8, 4) is 130 Å². The average Bonchev–Trinajstić information content (AvgIpc) is 1.61. The first-order chi connectivity index (χ1) is 65.1. The van der Waals surface area contributed by atoms with Crippen molar-refractivity contribution in [1.29, 1.82) is 0 Å². The maximum Gasteiger partial charge on any atom is 0.163 e. The fraction of sp³-hybridized carbons (Fsp3) is 0.0385. The maximum absolute atomic E-state index is 13.8. The molecule has 0 fully saturated rings. The highest BCUT2D eigenvalue weighted by atomic mass is 35.5. The van der Waals surface area contributed by atoms with Gasteiger partial charge in [0, 0.05) is 93.2 Å². The van der Waals surface area contributed by atoms with Gasteiger partial charge in [0.1, 0.15) is 70.6 Å². The second-order valence-corrected chi connectivity index (χ2v) is 35.1. The van der Waals surface area contributed by atoms with Crippen molar-refractivity contribution >= 4 is 214 Å². The zero-order valence-corrected chi connectivity index (χ0v) is 77.2. The number of nitrogen functional groups attached to an aromatic ring is 5. The van der Waals surface area contributed by atoms with Crippen LogP contribution in [-0.2, 0) is 0 Å². The van der Waals surface area contributed by atoms with Crippen molar-refractivity contribution in [3.05, 3.63) is 317 Å². The van der Waals surface area contributed by atoms with E-state index in [2.05, 4.69) is 90.3 Å². The highest BCUT2D eigenvalue weighted by molar-refractivity contribution is 7.24. The lowest BCUT2D eigenvalue weighted by molar-refractivity contribution is 0.415. The molecule has 20 aromatic rings. The van der Waals surface area contributed by atoms with E-state index >= 15 is 0 Å². The number of aromatic nitrogens is 10. The second-order valence-electron chi connectivity index (χ2n) is 29.2. The Balaban J connectivity index is 0.000000122. The molecule has 654 valence electrons. The number of hydrogen-bond donors (Lipinski definition) is 8. The summed E-state index contributed by atoms with van der Waals surface area (Å²) in [6.07, 6.45) is 27.4. The van der Waals surface area contributed by atoms with E-state index in [0.717, 1.165) is 166 Å². The minimum Gasteiger partial charge on any atom is -0.497 e. The number of fused-ring (bicyclic) bond motifs is 5. The Morgan fingerprint density at radius 3 is 1.02 bits per heavy atom. The number of rotatable bonds is 17. The molecule has 0 atom stereocenters. The molecular formula is C104H75Cl2FN20O2S5. The fourth-order valence-corrected chi connectivity index (χ4v) is 19.0. The smallest absolute Gasteiger partial charge is 0.163 e. The predicted molar refractivity (Wildman–Crippen MR) is 557 cm³/mol. The molecule has 13 N–H and O–H groups in total. The van der Waals surface area contributed by atoms with Gasteiger partial charge in [-0.15, -0.1) is 32.1 Å². The van der Waals surface area contributed by atoms with Crippen molar-refractivity contribution in [1.82, 2.24) is 49.8 Å². The molecule has 10 heterocycles. The van der Waals surface area contributed by atoms with Gasteiger partial charge in [0.2, 0.25) is 0 Å². The van der Waals surface area contributed by atoms with Gasteiger partial charge in [-0.05, 0) is 152 Å². The normalized spacial score (nSPS) is 10.6. The zero-order chi connectivity index (χ0) is 93.6. The van der Waals surface area contributed by atoms with Crippen molar-refractivity contribution in [2.75, 3.05) is 82.7 Å². The molecule has 22 nitrogen and oxygen atoms in total. The summed E-state index contributed by atoms with van der Waals surface area (Å²) in [5.41, 5.74) is 43.0. The van der Waals surface area contributed by atoms with Crippen molar-refractivity contribution in [2.24, 2.45) is 0 Å². The number of hydrogen-bond acceptors (Lipinski definition) is 27. The van der Waals surface area contributed by atoms with Gasteiger partial charge in [-0.25, -0.2) is 54.2 Å². The molecule has 0 radical (unpaired) electrons. The summed E-state index contributed by atoms with van der Waals surface area (Å²) >= 11 is 20.0. The van der Waals surface area contributed by atoms with E-state index < -0.39 is 0 Å². The average molecular weight is 1890 g/mol. The Hall–Kier alpha value is -16.7. The quantitative estimate of drug-likeness (QED) is 0.0393. The lowest BCUT2D eigenvalue weighted by atomic mass is 10.1. The van der Waals surface area contributed by atoms with Gasteiger partial charge >= 0.3 is 0 Å². The molecule has 0 spiro atoms. The number of terminal acetylenes is 5. The van der Waals surface area contributed by atoms with Crippen molar-refractivity contribution < 1.29 is 13.9 Å². The number of thiophene rings is 5. The number of ether oxygens (including phenoxy) is 2. The molecule has 0 saturated carbocycles. The number of methoxy groups -OCH3 is 2. The first-order valence-corrected chi connectivity index (χ1v) is 45.4. The van der Waals surface area contributed by atoms with E-state index in [0.29, 0.717) is 73.9 Å². The number of anilines is 15. The SMILES string of the molecule is C#Cc1cccc(-c2nc(N)c3cc(N(C)c4cccc(OC)c4)sc3n2)c1.C#Cc1cccc(-c2nc(N)c3cc(N(C)c4ccccc4Cl)sc3n2)c1.C#Cc1cccc(-c2nc(N)c3cc(Nc4cccc(OC)c4)sc3n2)c1.C#Cc1cccc(-c2nc(N)c3cc(Nc4ccccc4Cl)sc3n2)c1.C#Cc1cccc(-c2nc(N)c3cc(Nc4ccccc4F)sc3n2)c1. The van der Waals surface area contributed by atoms with Crippen molar-refractivity contribution in [3.63, 3.8) is 0 Å². The van der Waals surface area contributed by atoms with Gasteiger partial charge in [-0.3, -0.25) is 0 Å². The first kappa shape index (κ1) is 90.7. The van der Waals surface area contributed by atoms with Gasteiger partial charge in [0.15, 0.2) is 29.1 Å². The second kappa shape index (κ2) is 41.0. The van der Waals surface area contributed by atoms with Crippen LogP contribution in [-0.4, -0.2) is 78.2 Å². The van der Waals surface area contributed by atoms with E-state index in [1.165, 1.54) is 51.4 Å². The minimum absolute atomic E-state index is 0.323. The molecule has 30 heteroatoms. The number of para-hydroxylation sites is 3. The summed E-state index contributed by atoms with van der Waals surface area (Å²) in [7, 11) is 7.27. The molecule has 0 aliphatic rings. The fourth-order valence-electron chi connectivity index (χ4n) is 13.6. The minimum atomic E-state index is -0.323. The van der Waals surface area contributed by atoms with E-state index in [1.807, 2.05) is 268 Å². The van der Waals surface area contributed by atoms with Crippen LogP contribution in [0.5, 0.6) is 11.5 Å². The van der Waals surface area contributed by atoms with Crippen LogP contribution in [0.25, 0.3) is 108 Å². The van der Waals surface area contributed by atoms with Crippen LogP contribution in [0.1, 0.15) is 27.8 Å². The summed E-state index contributed by atoms with van der Waals surface area (Å²) in [5, 5.41) is 19.6. The summed E-state index contributed by atoms with van der Waals surface area (Å²) < 4.78 is 24.4. The Bertz CT molecular complexity index is 7900. The van der Waals surface area contributed by atoms with Crippen molar-refractivity contribution in [2.45, 2.75) is 0 Å². The molecule has 0 amide bonds. The van der Waals surface area contributed by atoms with Crippen LogP contribution in [0.2, 0.25) is 10.0 Å². The predicted octanol–water partition coefficient (Wildman–Crippen LogP) is 24.8. The number of halogens is 3. The summed E-state index contributed by atoms with van der Waals surface area (Å²) in [6.45, 7) is 0. The van der Waals surface area contributed by atoms with Crippen LogP contribution >= 0.6 is 79.9 Å². The molecule has 0 aliphatic heterocycles. The number of nitrogens with one attached hydrogen (secondary N) is 3. The molecule has 134 heavy (non-hydrogen) atoms. The van der Waals surface area contributed by atoms with Gasteiger partial charge in [0.25, 0.3) is 0 Å². The molecule has 0 unspecified atom stereocenters. The topological polar surface area (TPSA) is 320 Å². The largest absolute Gasteiger partial charge is 0.497 e. The zero-order valence-electron chi connectivity index (χ0n) is 71.6. The van der Waals surface area contributed by atoms with Gasteiger partial charge < -0.3 is 63.9 Å². The Kier molecular flexibility index (Phi) is 27.7. The molecule has 10 aromatic carbocycles. The first-order valence-electron chi connectivity index (χ1n) is 40.6. The molecular weight excluding hydrogens is 1810 g/mol. The molecule has 0 aliphatic carbocycles. The summed E-state index contributed by atoms with van der Waals surface area (Å²) in [5.74, 6) is 19.3. The van der Waals surface area contributed by atoms with E-state index in [4.69, 9.17) is 103 Å². The van der Waals surface area contributed by atoms with Gasteiger partial charge in [-0.2, -0.15) is 0 Å². The van der Waals surface area contributed by atoms with E-state index in [1.54, 1.807) is 43.8 Å². The monoisotopic (exact) mass is 1880 g/mol. The van der Waals surface area contributed by atoms with Crippen LogP contribution < -0.4 is 63.9 Å². The van der Waals surface area contributed by atoms with Gasteiger partial charge in [0.05, 0.1) is 93.3 Å². The third-order valence-electron chi connectivity index (χ3n) is 20.4. The highest BCUT2D eigenvalue weighted by Crippen LogP contribution is 2.44. The van der Waals surface area contributed by atoms with Gasteiger partial charge in [-0.1, -0.05) is 219 Å². The standard InChI is InChI=1S/C22H18N4OS.C21H15ClN4S.C21H16N4OS.C20H13ClN4S.C20H13FN4S/c1-4-14-7-5-8-15(11-14)21-24-20(23)18-13-19(28-22(18)25-21)26(2)16-9-6-10-17(12-16)27-3;1-3-13-7-6-8-14(11-13)20-24-19(23)15-12-18(27-21(15)25-20)26(2)17-10-5-4-9-16(17)22;1-3-13-6-4-7-14(10-13)20-24-19(22)17-12-18(27-21(17)25-20)23-15-8-5-9-16(11-15)26-2;2*1-2-12-6-5-7-13(10-12)19-24-18(22)14-11-17(26-20(14)25-19)23-16-9-4-3-8-15(16)21/h1,5-13H,2-3H3,(H2,23,24,25);1,4-12H,2H3,(H2,23,24,25);1,4-12,23H,2H3,(H2,22,24,25);2*1,3-11,23H,(H2,22,24,25). The Labute approximate surface area is 800 Å². The molecule has 0 saturated heterocycles. The molecule has 10 aromatic heterocycles. The molecule has 0 bridgehead atoms. The third-order valence-corrected chi connectivity index (χ3v) is 26.1. The maximum atomic E-state index is 13.8. The number of nitrogens with zero attached hydrogens (tertiary/aromatic N) is 12. The highest BCUT2D eigenvalue weighted by Gasteiger charge is 2.22. The Morgan fingerprint density at radius 1 is 0.321 bits per heavy atom. The lowest BCUT2D eigenvalue weighted by Gasteiger charge is -2.18. The van der Waals surface area contributed by atoms with Crippen LogP contribution in [0, 0.1) is 67.5 Å². The number of nitrogens with two attached hydrogens (primary N) is 5. The van der Waals surface area contributed by atoms with E-state index in [-0.39, 0.29) is 5.82 Å². The summed E-state index contributed by atoms with van der Waals surface area (Å²) in [4.78, 5) is 53.6. The number of benzene rings is 10. The van der Waals surface area contributed by atoms with Crippen LogP contribution in [0.4, 0.5) is 86.9 Å². The molecule has 20 rings (SSSR count). The van der Waals surface area contributed by atoms with Crippen LogP contribution in [0.3, 0.4) is 0 Å².